The quantitative estimate of drug-likeness (QED) is 0.799. The number of nitrogens with one attached hydrogen (secondary N) is 1. The molecule has 1 fully saturated rings. The van der Waals surface area contributed by atoms with Gasteiger partial charge in [0.2, 0.25) is 0 Å². The van der Waals surface area contributed by atoms with Gasteiger partial charge in [0, 0.05) is 11.5 Å². The van der Waals surface area contributed by atoms with Crippen LogP contribution in [0.4, 0.5) is 8.78 Å². The number of carbonyl (C=O) groups excluding carboxylic acids is 1. The third-order valence-electron chi connectivity index (χ3n) is 3.36. The summed E-state index contributed by atoms with van der Waals surface area (Å²) in [6.07, 6.45) is 0.704. The van der Waals surface area contributed by atoms with E-state index in [0.29, 0.717) is 12.0 Å². The molecule has 1 aromatic rings. The SMILES string of the molecule is CC#CC(=O)NC1CC1(C)c1ccc(F)c(F)c1. The van der Waals surface area contributed by atoms with Crippen LogP contribution in [-0.4, -0.2) is 11.9 Å². The number of carbonyl (C=O) groups is 1. The minimum atomic E-state index is -0.862. The van der Waals surface area contributed by atoms with Gasteiger partial charge in [0.05, 0.1) is 0 Å². The molecule has 0 aliphatic heterocycles. The van der Waals surface area contributed by atoms with Gasteiger partial charge in [-0.25, -0.2) is 8.78 Å². The van der Waals surface area contributed by atoms with E-state index >= 15 is 0 Å². The van der Waals surface area contributed by atoms with Crippen molar-refractivity contribution in [3.05, 3.63) is 35.4 Å². The smallest absolute Gasteiger partial charge is 0.296 e. The lowest BCUT2D eigenvalue weighted by Crippen LogP contribution is -2.29. The second kappa shape index (κ2) is 4.41. The summed E-state index contributed by atoms with van der Waals surface area (Å²) in [5.41, 5.74) is 0.357. The first-order chi connectivity index (χ1) is 8.47. The Hall–Kier alpha value is -1.89. The van der Waals surface area contributed by atoms with E-state index in [1.54, 1.807) is 13.0 Å². The molecule has 0 spiro atoms. The molecule has 0 radical (unpaired) electrons. The van der Waals surface area contributed by atoms with E-state index in [-0.39, 0.29) is 17.4 Å². The van der Waals surface area contributed by atoms with Gasteiger partial charge in [-0.1, -0.05) is 18.9 Å². The average Bonchev–Trinajstić information content (AvgIpc) is 2.95. The van der Waals surface area contributed by atoms with E-state index in [2.05, 4.69) is 17.2 Å². The first-order valence-electron chi connectivity index (χ1n) is 5.66. The molecule has 1 saturated carbocycles. The highest BCUT2D eigenvalue weighted by molar-refractivity contribution is 5.94. The zero-order chi connectivity index (χ0) is 13.3. The average molecular weight is 249 g/mol. The highest BCUT2D eigenvalue weighted by Gasteiger charge is 2.52. The molecule has 1 N–H and O–H groups in total. The van der Waals surface area contributed by atoms with Gasteiger partial charge in [-0.05, 0) is 37.0 Å². The Bertz CT molecular complexity index is 559. The Labute approximate surface area is 104 Å². The van der Waals surface area contributed by atoms with E-state index in [9.17, 15) is 13.6 Å². The van der Waals surface area contributed by atoms with Gasteiger partial charge in [-0.3, -0.25) is 4.79 Å². The van der Waals surface area contributed by atoms with Gasteiger partial charge in [0.1, 0.15) is 0 Å². The van der Waals surface area contributed by atoms with Crippen molar-refractivity contribution >= 4 is 5.91 Å². The fourth-order valence-corrected chi connectivity index (χ4v) is 2.05. The number of hydrogen-bond donors (Lipinski definition) is 1. The largest absolute Gasteiger partial charge is 0.342 e. The van der Waals surface area contributed by atoms with Crippen LogP contribution in [0, 0.1) is 23.5 Å². The molecule has 0 bridgehead atoms. The number of rotatable bonds is 2. The zero-order valence-electron chi connectivity index (χ0n) is 10.2. The molecule has 1 amide bonds. The Morgan fingerprint density at radius 2 is 2.17 bits per heavy atom. The van der Waals surface area contributed by atoms with Crippen LogP contribution in [0.5, 0.6) is 0 Å². The summed E-state index contributed by atoms with van der Waals surface area (Å²) in [5, 5.41) is 2.75. The van der Waals surface area contributed by atoms with Crippen molar-refractivity contribution in [2.24, 2.45) is 0 Å². The molecule has 18 heavy (non-hydrogen) atoms. The summed E-state index contributed by atoms with van der Waals surface area (Å²) >= 11 is 0. The van der Waals surface area contributed by atoms with Crippen molar-refractivity contribution in [2.45, 2.75) is 31.7 Å². The van der Waals surface area contributed by atoms with Crippen molar-refractivity contribution < 1.29 is 13.6 Å². The molecule has 4 heteroatoms. The number of amides is 1. The summed E-state index contributed by atoms with van der Waals surface area (Å²) < 4.78 is 26.0. The summed E-state index contributed by atoms with van der Waals surface area (Å²) in [4.78, 5) is 11.3. The lowest BCUT2D eigenvalue weighted by molar-refractivity contribution is -0.115. The van der Waals surface area contributed by atoms with Crippen molar-refractivity contribution in [2.75, 3.05) is 0 Å². The van der Waals surface area contributed by atoms with Gasteiger partial charge >= 0.3 is 0 Å². The number of benzene rings is 1. The molecule has 0 heterocycles. The van der Waals surface area contributed by atoms with E-state index in [0.717, 1.165) is 6.07 Å². The van der Waals surface area contributed by atoms with Crippen molar-refractivity contribution in [3.8, 4) is 11.8 Å². The van der Waals surface area contributed by atoms with E-state index < -0.39 is 11.6 Å². The van der Waals surface area contributed by atoms with Crippen LogP contribution in [0.25, 0.3) is 0 Å². The van der Waals surface area contributed by atoms with Crippen LogP contribution in [0.3, 0.4) is 0 Å². The highest BCUT2D eigenvalue weighted by Crippen LogP contribution is 2.48. The van der Waals surface area contributed by atoms with Crippen LogP contribution in [0.15, 0.2) is 18.2 Å². The Morgan fingerprint density at radius 3 is 2.78 bits per heavy atom. The number of halogens is 2. The summed E-state index contributed by atoms with van der Waals surface area (Å²) in [6.45, 7) is 3.49. The van der Waals surface area contributed by atoms with Gasteiger partial charge < -0.3 is 5.32 Å². The maximum atomic E-state index is 13.2. The summed E-state index contributed by atoms with van der Waals surface area (Å²) in [7, 11) is 0. The fraction of sp³-hybridized carbons (Fsp3) is 0.357. The van der Waals surface area contributed by atoms with E-state index in [4.69, 9.17) is 0 Å². The van der Waals surface area contributed by atoms with Crippen LogP contribution in [0.1, 0.15) is 25.8 Å². The lowest BCUT2D eigenvalue weighted by atomic mass is 9.97. The van der Waals surface area contributed by atoms with Gasteiger partial charge in [-0.2, -0.15) is 0 Å². The van der Waals surface area contributed by atoms with Crippen LogP contribution in [-0.2, 0) is 10.2 Å². The molecule has 2 atom stereocenters. The molecule has 1 aliphatic carbocycles. The topological polar surface area (TPSA) is 29.1 Å². The fourth-order valence-electron chi connectivity index (χ4n) is 2.05. The summed E-state index contributed by atoms with van der Waals surface area (Å²) in [5.74, 6) is 2.84. The molecule has 2 nitrogen and oxygen atoms in total. The van der Waals surface area contributed by atoms with E-state index in [1.807, 2.05) is 6.92 Å². The first-order valence-corrected chi connectivity index (χ1v) is 5.66. The molecule has 0 saturated heterocycles. The van der Waals surface area contributed by atoms with Gasteiger partial charge in [0.15, 0.2) is 11.6 Å². The third-order valence-corrected chi connectivity index (χ3v) is 3.36. The van der Waals surface area contributed by atoms with Crippen molar-refractivity contribution in [1.29, 1.82) is 0 Å². The van der Waals surface area contributed by atoms with Crippen LogP contribution >= 0.6 is 0 Å². The van der Waals surface area contributed by atoms with Crippen molar-refractivity contribution in [3.63, 3.8) is 0 Å². The van der Waals surface area contributed by atoms with Crippen molar-refractivity contribution in [1.82, 2.24) is 5.32 Å². The molecular weight excluding hydrogens is 236 g/mol. The van der Waals surface area contributed by atoms with Gasteiger partial charge in [0.25, 0.3) is 5.91 Å². The maximum Gasteiger partial charge on any atom is 0.296 e. The van der Waals surface area contributed by atoms with Crippen LogP contribution in [0.2, 0.25) is 0 Å². The molecule has 1 aliphatic rings. The minimum absolute atomic E-state index is 0.0734. The third kappa shape index (κ3) is 2.21. The van der Waals surface area contributed by atoms with Gasteiger partial charge in [-0.15, -0.1) is 0 Å². The number of hydrogen-bond acceptors (Lipinski definition) is 1. The molecule has 94 valence electrons. The maximum absolute atomic E-state index is 13.2. The van der Waals surface area contributed by atoms with E-state index in [1.165, 1.54) is 6.07 Å². The monoisotopic (exact) mass is 249 g/mol. The summed E-state index contributed by atoms with van der Waals surface area (Å²) in [6, 6.07) is 3.78. The molecular formula is C14H13F2NO. The minimum Gasteiger partial charge on any atom is -0.342 e. The molecule has 2 unspecified atom stereocenters. The standard InChI is InChI=1S/C14H13F2NO/c1-3-4-13(18)17-12-8-14(12,2)9-5-6-10(15)11(16)7-9/h5-7,12H,8H2,1-2H3,(H,17,18). The first kappa shape index (κ1) is 12.6. The predicted molar refractivity (Wildman–Crippen MR) is 63.7 cm³/mol. The van der Waals surface area contributed by atoms with Crippen LogP contribution < -0.4 is 5.32 Å². The Kier molecular flexibility index (Phi) is 3.08. The zero-order valence-corrected chi connectivity index (χ0v) is 10.2. The second-order valence-corrected chi connectivity index (χ2v) is 4.65. The Morgan fingerprint density at radius 1 is 1.44 bits per heavy atom. The molecule has 2 rings (SSSR count). The Balaban J connectivity index is 2.12. The lowest BCUT2D eigenvalue weighted by Gasteiger charge is -2.12. The molecule has 1 aromatic carbocycles. The normalized spacial score (nSPS) is 25.0. The molecule has 0 aromatic heterocycles. The predicted octanol–water partition coefficient (Wildman–Crippen LogP) is 2.13. The second-order valence-electron chi connectivity index (χ2n) is 4.65. The highest BCUT2D eigenvalue weighted by atomic mass is 19.2.